The second-order valence-electron chi connectivity index (χ2n) is 5.86. The van der Waals surface area contributed by atoms with Crippen molar-refractivity contribution in [3.8, 4) is 0 Å². The minimum absolute atomic E-state index is 0.137. The Morgan fingerprint density at radius 2 is 2.05 bits per heavy atom. The van der Waals surface area contributed by atoms with Gasteiger partial charge in [0.25, 0.3) is 0 Å². The molecule has 1 saturated carbocycles. The highest BCUT2D eigenvalue weighted by atomic mass is 16.3. The van der Waals surface area contributed by atoms with E-state index in [-0.39, 0.29) is 6.10 Å². The molecule has 1 atom stereocenters. The van der Waals surface area contributed by atoms with Gasteiger partial charge in [0.05, 0.1) is 11.8 Å². The Morgan fingerprint density at radius 1 is 1.32 bits per heavy atom. The molecular formula is C15H23N3O. The van der Waals surface area contributed by atoms with Crippen LogP contribution in [0.1, 0.15) is 32.6 Å². The Bertz CT molecular complexity index is 425. The van der Waals surface area contributed by atoms with E-state index in [2.05, 4.69) is 28.2 Å². The summed E-state index contributed by atoms with van der Waals surface area (Å²) in [4.78, 5) is 6.83. The third-order valence-electron chi connectivity index (χ3n) is 4.26. The van der Waals surface area contributed by atoms with Gasteiger partial charge in [-0.15, -0.1) is 0 Å². The first-order valence-electron chi connectivity index (χ1n) is 7.38. The molecule has 104 valence electrons. The van der Waals surface area contributed by atoms with Gasteiger partial charge in [-0.3, -0.25) is 0 Å². The van der Waals surface area contributed by atoms with Crippen molar-refractivity contribution >= 4 is 11.5 Å². The van der Waals surface area contributed by atoms with E-state index in [9.17, 15) is 5.11 Å². The molecule has 0 bridgehead atoms. The molecule has 2 fully saturated rings. The van der Waals surface area contributed by atoms with Crippen molar-refractivity contribution in [3.63, 3.8) is 0 Å². The van der Waals surface area contributed by atoms with E-state index in [1.54, 1.807) is 0 Å². The second-order valence-corrected chi connectivity index (χ2v) is 5.86. The zero-order chi connectivity index (χ0) is 13.2. The van der Waals surface area contributed by atoms with Crippen LogP contribution in [0.2, 0.25) is 0 Å². The van der Waals surface area contributed by atoms with Crippen LogP contribution in [0.4, 0.5) is 11.5 Å². The van der Waals surface area contributed by atoms with Gasteiger partial charge in [-0.1, -0.05) is 0 Å². The molecule has 1 aromatic rings. The van der Waals surface area contributed by atoms with E-state index in [0.717, 1.165) is 43.4 Å². The molecule has 19 heavy (non-hydrogen) atoms. The Morgan fingerprint density at radius 3 is 2.74 bits per heavy atom. The standard InChI is InChI=1S/C15H23N3O/c1-11(12-4-5-12)17-14-3-2-8-16-15(14)18-9-6-13(19)7-10-18/h2-3,8,11-13,17,19H,4-7,9-10H2,1H3/t11-/m1/s1. The quantitative estimate of drug-likeness (QED) is 0.873. The highest BCUT2D eigenvalue weighted by molar-refractivity contribution is 5.66. The van der Waals surface area contributed by atoms with Crippen LogP contribution in [-0.4, -0.2) is 35.3 Å². The van der Waals surface area contributed by atoms with Crippen molar-refractivity contribution in [3.05, 3.63) is 18.3 Å². The van der Waals surface area contributed by atoms with Gasteiger partial charge in [-0.25, -0.2) is 4.98 Å². The molecule has 2 aliphatic rings. The first kappa shape index (κ1) is 12.7. The van der Waals surface area contributed by atoms with Gasteiger partial charge in [0, 0.05) is 25.3 Å². The number of piperidine rings is 1. The fourth-order valence-electron chi connectivity index (χ4n) is 2.80. The van der Waals surface area contributed by atoms with Crippen molar-refractivity contribution in [2.75, 3.05) is 23.3 Å². The third kappa shape index (κ3) is 3.00. The molecule has 1 aromatic heterocycles. The average molecular weight is 261 g/mol. The van der Waals surface area contributed by atoms with Gasteiger partial charge in [0.1, 0.15) is 0 Å². The highest BCUT2D eigenvalue weighted by Crippen LogP contribution is 2.35. The van der Waals surface area contributed by atoms with E-state index < -0.39 is 0 Å². The summed E-state index contributed by atoms with van der Waals surface area (Å²) in [7, 11) is 0. The molecule has 4 heteroatoms. The lowest BCUT2D eigenvalue weighted by molar-refractivity contribution is 0.145. The second kappa shape index (κ2) is 5.37. The SMILES string of the molecule is C[C@@H](Nc1cccnc1N1CCC(O)CC1)C1CC1. The number of aliphatic hydroxyl groups is 1. The fraction of sp³-hybridized carbons (Fsp3) is 0.667. The summed E-state index contributed by atoms with van der Waals surface area (Å²) in [5, 5.41) is 13.2. The predicted molar refractivity (Wildman–Crippen MR) is 77.5 cm³/mol. The molecule has 1 saturated heterocycles. The van der Waals surface area contributed by atoms with Crippen LogP contribution < -0.4 is 10.2 Å². The number of anilines is 2. The first-order valence-corrected chi connectivity index (χ1v) is 7.38. The number of rotatable bonds is 4. The third-order valence-corrected chi connectivity index (χ3v) is 4.26. The summed E-state index contributed by atoms with van der Waals surface area (Å²) >= 11 is 0. The van der Waals surface area contributed by atoms with Crippen LogP contribution in [-0.2, 0) is 0 Å². The highest BCUT2D eigenvalue weighted by Gasteiger charge is 2.29. The molecule has 2 heterocycles. The van der Waals surface area contributed by atoms with Crippen molar-refractivity contribution < 1.29 is 5.11 Å². The normalized spacial score (nSPS) is 22.3. The molecule has 0 aromatic carbocycles. The molecule has 0 amide bonds. The largest absolute Gasteiger partial charge is 0.393 e. The lowest BCUT2D eigenvalue weighted by Crippen LogP contribution is -2.37. The molecule has 3 rings (SSSR count). The Kier molecular flexibility index (Phi) is 3.60. The average Bonchev–Trinajstić information content (AvgIpc) is 3.25. The number of hydrogen-bond acceptors (Lipinski definition) is 4. The van der Waals surface area contributed by atoms with E-state index >= 15 is 0 Å². The maximum absolute atomic E-state index is 9.61. The minimum atomic E-state index is -0.137. The fourth-order valence-corrected chi connectivity index (χ4v) is 2.80. The Hall–Kier alpha value is -1.29. The summed E-state index contributed by atoms with van der Waals surface area (Å²) < 4.78 is 0. The molecule has 1 aliphatic carbocycles. The molecular weight excluding hydrogens is 238 g/mol. The topological polar surface area (TPSA) is 48.4 Å². The van der Waals surface area contributed by atoms with Gasteiger partial charge in [-0.05, 0) is 50.7 Å². The van der Waals surface area contributed by atoms with Crippen molar-refractivity contribution in [1.29, 1.82) is 0 Å². The summed E-state index contributed by atoms with van der Waals surface area (Å²) in [6, 6.07) is 4.63. The number of nitrogens with one attached hydrogen (secondary N) is 1. The van der Waals surface area contributed by atoms with E-state index in [1.165, 1.54) is 12.8 Å². The predicted octanol–water partition coefficient (Wildman–Crippen LogP) is 2.25. The van der Waals surface area contributed by atoms with E-state index in [1.807, 2.05) is 12.3 Å². The van der Waals surface area contributed by atoms with Crippen molar-refractivity contribution in [1.82, 2.24) is 4.98 Å². The summed E-state index contributed by atoms with van der Waals surface area (Å²) in [6.45, 7) is 4.05. The number of pyridine rings is 1. The van der Waals surface area contributed by atoms with Gasteiger partial charge < -0.3 is 15.3 Å². The lowest BCUT2D eigenvalue weighted by Gasteiger charge is -2.32. The number of nitrogens with zero attached hydrogens (tertiary/aromatic N) is 2. The monoisotopic (exact) mass is 261 g/mol. The van der Waals surface area contributed by atoms with Crippen molar-refractivity contribution in [2.45, 2.75) is 44.8 Å². The zero-order valence-corrected chi connectivity index (χ0v) is 11.5. The molecule has 4 nitrogen and oxygen atoms in total. The smallest absolute Gasteiger partial charge is 0.151 e. The van der Waals surface area contributed by atoms with E-state index in [4.69, 9.17) is 0 Å². The van der Waals surface area contributed by atoms with Crippen LogP contribution in [0.15, 0.2) is 18.3 Å². The first-order chi connectivity index (χ1) is 9.24. The van der Waals surface area contributed by atoms with Crippen molar-refractivity contribution in [2.24, 2.45) is 5.92 Å². The minimum Gasteiger partial charge on any atom is -0.393 e. The van der Waals surface area contributed by atoms with Gasteiger partial charge >= 0.3 is 0 Å². The van der Waals surface area contributed by atoms with Gasteiger partial charge in [0.2, 0.25) is 0 Å². The molecule has 0 unspecified atom stereocenters. The zero-order valence-electron chi connectivity index (χ0n) is 11.5. The van der Waals surface area contributed by atoms with E-state index in [0.29, 0.717) is 6.04 Å². The number of hydrogen-bond donors (Lipinski definition) is 2. The number of aliphatic hydroxyl groups excluding tert-OH is 1. The summed E-state index contributed by atoms with van der Waals surface area (Å²) in [5.41, 5.74) is 1.14. The van der Waals surface area contributed by atoms with Crippen LogP contribution >= 0.6 is 0 Å². The maximum atomic E-state index is 9.61. The van der Waals surface area contributed by atoms with Crippen LogP contribution in [0.25, 0.3) is 0 Å². The lowest BCUT2D eigenvalue weighted by atomic mass is 10.1. The van der Waals surface area contributed by atoms with Gasteiger partial charge in [0.15, 0.2) is 5.82 Å². The van der Waals surface area contributed by atoms with Gasteiger partial charge in [-0.2, -0.15) is 0 Å². The summed E-state index contributed by atoms with van der Waals surface area (Å²) in [5.74, 6) is 1.87. The summed E-state index contributed by atoms with van der Waals surface area (Å²) in [6.07, 6.45) is 6.09. The number of aromatic nitrogens is 1. The van der Waals surface area contributed by atoms with Crippen LogP contribution in [0.5, 0.6) is 0 Å². The van der Waals surface area contributed by atoms with Crippen LogP contribution in [0, 0.1) is 5.92 Å². The maximum Gasteiger partial charge on any atom is 0.151 e. The molecule has 2 N–H and O–H groups in total. The molecule has 1 aliphatic heterocycles. The Labute approximate surface area is 114 Å². The molecule has 0 radical (unpaired) electrons. The van der Waals surface area contributed by atoms with Crippen LogP contribution in [0.3, 0.4) is 0 Å². The molecule has 0 spiro atoms. The Balaban J connectivity index is 1.72.